The number of alkyl carbamates (subject to hydrolysis) is 1. The average Bonchev–Trinajstić information content (AvgIpc) is 2.11. The van der Waals surface area contributed by atoms with E-state index in [1.165, 1.54) is 7.11 Å². The number of aldehydes is 1. The van der Waals surface area contributed by atoms with Crippen molar-refractivity contribution in [1.29, 1.82) is 0 Å². The van der Waals surface area contributed by atoms with E-state index in [0.29, 0.717) is 12.7 Å². The molecule has 0 aromatic carbocycles. The minimum atomic E-state index is -0.675. The Bertz CT molecular complexity index is 152. The highest BCUT2D eigenvalue weighted by Gasteiger charge is 2.09. The van der Waals surface area contributed by atoms with Crippen LogP contribution in [0.15, 0.2) is 0 Å². The molecule has 0 aliphatic rings. The van der Waals surface area contributed by atoms with E-state index in [2.05, 4.69) is 10.1 Å². The molecule has 1 unspecified atom stereocenters. The predicted octanol–water partition coefficient (Wildman–Crippen LogP) is 0.660. The van der Waals surface area contributed by atoms with Crippen molar-refractivity contribution in [2.75, 3.05) is 13.8 Å². The molecule has 0 fully saturated rings. The SMILES string of the molecule is COC(=O)NC(C=O)CCCF. The Hall–Kier alpha value is -1.13. The lowest BCUT2D eigenvalue weighted by Crippen LogP contribution is -2.35. The van der Waals surface area contributed by atoms with E-state index in [0.717, 1.165) is 0 Å². The molecule has 0 spiro atoms. The van der Waals surface area contributed by atoms with E-state index >= 15 is 0 Å². The number of halogens is 1. The first kappa shape index (κ1) is 10.9. The summed E-state index contributed by atoms with van der Waals surface area (Å²) in [6.07, 6.45) is 0.445. The van der Waals surface area contributed by atoms with E-state index in [4.69, 9.17) is 0 Å². The van der Waals surface area contributed by atoms with Gasteiger partial charge in [-0.15, -0.1) is 0 Å². The smallest absolute Gasteiger partial charge is 0.407 e. The van der Waals surface area contributed by atoms with Gasteiger partial charge in [0.25, 0.3) is 0 Å². The second kappa shape index (κ2) is 6.57. The van der Waals surface area contributed by atoms with E-state index < -0.39 is 18.8 Å². The third kappa shape index (κ3) is 4.65. The minimum Gasteiger partial charge on any atom is -0.453 e. The van der Waals surface area contributed by atoms with Crippen LogP contribution >= 0.6 is 0 Å². The molecule has 0 rings (SSSR count). The van der Waals surface area contributed by atoms with Crippen molar-refractivity contribution in [1.82, 2.24) is 5.32 Å². The summed E-state index contributed by atoms with van der Waals surface area (Å²) < 4.78 is 15.9. The van der Waals surface area contributed by atoms with Crippen molar-refractivity contribution in [3.05, 3.63) is 0 Å². The standard InChI is InChI=1S/C7H12FNO3/c1-12-7(11)9-6(5-10)3-2-4-8/h5-6H,2-4H2,1H3,(H,9,11). The van der Waals surface area contributed by atoms with E-state index in [1.807, 2.05) is 0 Å². The van der Waals surface area contributed by atoms with Gasteiger partial charge < -0.3 is 14.8 Å². The van der Waals surface area contributed by atoms with Crippen molar-refractivity contribution < 1.29 is 18.7 Å². The zero-order valence-corrected chi connectivity index (χ0v) is 6.88. The van der Waals surface area contributed by atoms with Crippen LogP contribution in [0.25, 0.3) is 0 Å². The zero-order chi connectivity index (χ0) is 9.40. The van der Waals surface area contributed by atoms with Crippen LogP contribution in [0.1, 0.15) is 12.8 Å². The Morgan fingerprint density at radius 3 is 2.83 bits per heavy atom. The van der Waals surface area contributed by atoms with Crippen molar-refractivity contribution in [3.63, 3.8) is 0 Å². The molecule has 0 aliphatic heterocycles. The third-order valence-electron chi connectivity index (χ3n) is 1.30. The molecular weight excluding hydrogens is 165 g/mol. The quantitative estimate of drug-likeness (QED) is 0.627. The van der Waals surface area contributed by atoms with Gasteiger partial charge in [0.05, 0.1) is 19.8 Å². The second-order valence-electron chi connectivity index (χ2n) is 2.21. The number of carbonyl (C=O) groups is 2. The topological polar surface area (TPSA) is 55.4 Å². The Balaban J connectivity index is 3.66. The first-order valence-corrected chi connectivity index (χ1v) is 3.60. The molecule has 5 heteroatoms. The van der Waals surface area contributed by atoms with Crippen LogP contribution in [0.3, 0.4) is 0 Å². The van der Waals surface area contributed by atoms with Crippen molar-refractivity contribution in [3.8, 4) is 0 Å². The molecule has 0 bridgehead atoms. The van der Waals surface area contributed by atoms with Gasteiger partial charge >= 0.3 is 6.09 Å². The van der Waals surface area contributed by atoms with E-state index in [1.54, 1.807) is 0 Å². The summed E-state index contributed by atoms with van der Waals surface area (Å²) in [5.41, 5.74) is 0. The highest BCUT2D eigenvalue weighted by molar-refractivity contribution is 5.72. The van der Waals surface area contributed by atoms with Gasteiger partial charge in [-0.25, -0.2) is 4.79 Å². The molecule has 4 nitrogen and oxygen atoms in total. The second-order valence-corrected chi connectivity index (χ2v) is 2.21. The number of hydrogen-bond donors (Lipinski definition) is 1. The molecule has 0 aromatic heterocycles. The lowest BCUT2D eigenvalue weighted by molar-refractivity contribution is -0.109. The molecule has 1 atom stereocenters. The summed E-state index contributed by atoms with van der Waals surface area (Å²) >= 11 is 0. The number of hydrogen-bond acceptors (Lipinski definition) is 3. The summed E-state index contributed by atoms with van der Waals surface area (Å²) in [7, 11) is 1.20. The van der Waals surface area contributed by atoms with E-state index in [9.17, 15) is 14.0 Å². The van der Waals surface area contributed by atoms with Gasteiger partial charge in [-0.05, 0) is 12.8 Å². The van der Waals surface area contributed by atoms with Crippen molar-refractivity contribution in [2.45, 2.75) is 18.9 Å². The molecule has 70 valence electrons. The highest BCUT2D eigenvalue weighted by atomic mass is 19.1. The Morgan fingerprint density at radius 2 is 2.42 bits per heavy atom. The molecule has 0 aliphatic carbocycles. The van der Waals surface area contributed by atoms with Crippen molar-refractivity contribution in [2.24, 2.45) is 0 Å². The fourth-order valence-corrected chi connectivity index (χ4v) is 0.682. The zero-order valence-electron chi connectivity index (χ0n) is 6.88. The molecular formula is C7H12FNO3. The van der Waals surface area contributed by atoms with Crippen LogP contribution in [0.4, 0.5) is 9.18 Å². The minimum absolute atomic E-state index is 0.257. The maximum Gasteiger partial charge on any atom is 0.407 e. The van der Waals surface area contributed by atoms with Crippen LogP contribution in [0.2, 0.25) is 0 Å². The summed E-state index contributed by atoms with van der Waals surface area (Å²) in [6.45, 7) is -0.493. The first-order chi connectivity index (χ1) is 5.74. The van der Waals surface area contributed by atoms with E-state index in [-0.39, 0.29) is 6.42 Å². The number of methoxy groups -OCH3 is 1. The maximum absolute atomic E-state index is 11.6. The summed E-state index contributed by atoms with van der Waals surface area (Å²) in [6, 6.07) is -0.645. The fraction of sp³-hybridized carbons (Fsp3) is 0.714. The third-order valence-corrected chi connectivity index (χ3v) is 1.30. The monoisotopic (exact) mass is 177 g/mol. The van der Waals surface area contributed by atoms with Crippen LogP contribution < -0.4 is 5.32 Å². The summed E-state index contributed by atoms with van der Waals surface area (Å²) in [5, 5.41) is 2.26. The van der Waals surface area contributed by atoms with Gasteiger partial charge in [-0.2, -0.15) is 0 Å². The largest absolute Gasteiger partial charge is 0.453 e. The van der Waals surface area contributed by atoms with Crippen LogP contribution in [0, 0.1) is 0 Å². The summed E-state index contributed by atoms with van der Waals surface area (Å²) in [5.74, 6) is 0. The van der Waals surface area contributed by atoms with Crippen LogP contribution in [0.5, 0.6) is 0 Å². The normalized spacial score (nSPS) is 11.8. The molecule has 0 saturated carbocycles. The van der Waals surface area contributed by atoms with Crippen molar-refractivity contribution >= 4 is 12.4 Å². The van der Waals surface area contributed by atoms with Gasteiger partial charge in [0.15, 0.2) is 0 Å². The predicted molar refractivity (Wildman–Crippen MR) is 40.6 cm³/mol. The van der Waals surface area contributed by atoms with Crippen LogP contribution in [-0.4, -0.2) is 32.2 Å². The average molecular weight is 177 g/mol. The molecule has 0 radical (unpaired) electrons. The molecule has 0 saturated heterocycles. The number of ether oxygens (including phenoxy) is 1. The molecule has 0 heterocycles. The van der Waals surface area contributed by atoms with Gasteiger partial charge in [0.2, 0.25) is 0 Å². The lowest BCUT2D eigenvalue weighted by atomic mass is 10.2. The maximum atomic E-state index is 11.6. The Kier molecular flexibility index (Phi) is 5.95. The molecule has 12 heavy (non-hydrogen) atoms. The Morgan fingerprint density at radius 1 is 1.75 bits per heavy atom. The highest BCUT2D eigenvalue weighted by Crippen LogP contribution is 1.95. The first-order valence-electron chi connectivity index (χ1n) is 3.60. The number of alkyl halides is 1. The van der Waals surface area contributed by atoms with Gasteiger partial charge in [0, 0.05) is 0 Å². The number of amides is 1. The van der Waals surface area contributed by atoms with Gasteiger partial charge in [-0.3, -0.25) is 4.39 Å². The number of rotatable bonds is 5. The fourth-order valence-electron chi connectivity index (χ4n) is 0.682. The van der Waals surface area contributed by atoms with Gasteiger partial charge in [-0.1, -0.05) is 0 Å². The lowest BCUT2D eigenvalue weighted by Gasteiger charge is -2.09. The molecule has 1 amide bonds. The number of nitrogens with one attached hydrogen (secondary N) is 1. The molecule has 0 aromatic rings. The Labute approximate surface area is 70.1 Å². The summed E-state index contributed by atoms with van der Waals surface area (Å²) in [4.78, 5) is 20.8. The molecule has 1 N–H and O–H groups in total. The number of carbonyl (C=O) groups excluding carboxylic acids is 2. The van der Waals surface area contributed by atoms with Crippen LogP contribution in [-0.2, 0) is 9.53 Å². The van der Waals surface area contributed by atoms with Gasteiger partial charge in [0.1, 0.15) is 6.29 Å².